The number of fused-ring (bicyclic) bond motifs is 1. The number of terminal acetylenes is 1. The molecule has 1 atom stereocenters. The van der Waals surface area contributed by atoms with Crippen LogP contribution in [-0.4, -0.2) is 39.7 Å². The topological polar surface area (TPSA) is 77.1 Å². The molecule has 228 valence electrons. The number of pyridine rings is 2. The minimum absolute atomic E-state index is 0.178. The molecule has 43 heavy (non-hydrogen) atoms. The second-order valence-corrected chi connectivity index (χ2v) is 11.7. The van der Waals surface area contributed by atoms with Gasteiger partial charge in [0.05, 0.1) is 38.9 Å². The Morgan fingerprint density at radius 1 is 1.21 bits per heavy atom. The van der Waals surface area contributed by atoms with Gasteiger partial charge in [-0.3, -0.25) is 9.99 Å². The van der Waals surface area contributed by atoms with Gasteiger partial charge in [0.1, 0.15) is 5.54 Å². The number of rotatable bonds is 9. The summed E-state index contributed by atoms with van der Waals surface area (Å²) in [5.41, 5.74) is 4.76. The van der Waals surface area contributed by atoms with Gasteiger partial charge in [-0.1, -0.05) is 23.6 Å². The Labute approximate surface area is 249 Å². The highest BCUT2D eigenvalue weighted by Crippen LogP contribution is 2.47. The monoisotopic (exact) mass is 623 g/mol. The first-order chi connectivity index (χ1) is 20.2. The molecule has 0 saturated heterocycles. The molecule has 1 aliphatic heterocycles. The second kappa shape index (κ2) is 11.0. The number of hydrogen-bond acceptors (Lipinski definition) is 7. The fourth-order valence-electron chi connectivity index (χ4n) is 4.80. The number of halogens is 7. The van der Waals surface area contributed by atoms with Crippen molar-refractivity contribution in [2.75, 3.05) is 17.2 Å². The first-order valence-electron chi connectivity index (χ1n) is 13.3. The number of alkyl halides is 5. The van der Waals surface area contributed by atoms with E-state index in [4.69, 9.17) is 18.0 Å². The van der Waals surface area contributed by atoms with E-state index in [1.807, 2.05) is 0 Å². The normalized spacial score (nSPS) is 17.0. The van der Waals surface area contributed by atoms with Crippen molar-refractivity contribution in [1.82, 2.24) is 25.9 Å². The van der Waals surface area contributed by atoms with Crippen LogP contribution in [0.5, 0.6) is 0 Å². The van der Waals surface area contributed by atoms with Crippen LogP contribution < -0.4 is 21.6 Å². The molecule has 0 amide bonds. The van der Waals surface area contributed by atoms with E-state index in [1.54, 1.807) is 19.1 Å². The number of hydrazine groups is 2. The predicted octanol–water partition coefficient (Wildman–Crippen LogP) is 6.83. The average Bonchev–Trinajstić information content (AvgIpc) is 3.60. The third-order valence-corrected chi connectivity index (χ3v) is 8.11. The quantitative estimate of drug-likeness (QED) is 0.118. The minimum Gasteiger partial charge on any atom is -0.383 e. The molecule has 1 aliphatic carbocycles. The van der Waals surface area contributed by atoms with Gasteiger partial charge in [-0.2, -0.15) is 17.6 Å². The smallest absolute Gasteiger partial charge is 0.383 e. The molecule has 2 aliphatic rings. The highest BCUT2D eigenvalue weighted by Gasteiger charge is 2.56. The zero-order valence-corrected chi connectivity index (χ0v) is 24.1. The highest BCUT2D eigenvalue weighted by molar-refractivity contribution is 6.35. The van der Waals surface area contributed by atoms with Crippen molar-refractivity contribution in [3.63, 3.8) is 0 Å². The Hall–Kier alpha value is -3.89. The van der Waals surface area contributed by atoms with Crippen molar-refractivity contribution < 1.29 is 26.3 Å². The molecule has 1 saturated carbocycles. The zero-order chi connectivity index (χ0) is 31.3. The van der Waals surface area contributed by atoms with Gasteiger partial charge in [0.25, 0.3) is 6.43 Å². The summed E-state index contributed by atoms with van der Waals surface area (Å²) in [4.78, 5) is 8.23. The molecule has 1 aromatic carbocycles. The third-order valence-electron chi connectivity index (χ3n) is 7.82. The van der Waals surface area contributed by atoms with Crippen LogP contribution in [0.1, 0.15) is 49.6 Å². The summed E-state index contributed by atoms with van der Waals surface area (Å²) in [5.74, 6) is 1.76. The van der Waals surface area contributed by atoms with E-state index in [1.165, 1.54) is 29.5 Å². The summed E-state index contributed by atoms with van der Waals surface area (Å²) in [7, 11) is 0. The lowest BCUT2D eigenvalue weighted by molar-refractivity contribution is -0.206. The lowest BCUT2D eigenvalue weighted by Gasteiger charge is -2.29. The van der Waals surface area contributed by atoms with Crippen LogP contribution in [0.25, 0.3) is 10.9 Å². The van der Waals surface area contributed by atoms with Gasteiger partial charge in [-0.25, -0.2) is 13.8 Å². The van der Waals surface area contributed by atoms with Crippen LogP contribution in [0.3, 0.4) is 0 Å². The van der Waals surface area contributed by atoms with Crippen LogP contribution in [0.4, 0.5) is 37.7 Å². The largest absolute Gasteiger partial charge is 0.395 e. The maximum absolute atomic E-state index is 13.9. The number of aromatic nitrogens is 2. The van der Waals surface area contributed by atoms with E-state index >= 15 is 0 Å². The predicted molar refractivity (Wildman–Crippen MR) is 152 cm³/mol. The maximum Gasteiger partial charge on any atom is 0.395 e. The van der Waals surface area contributed by atoms with Crippen LogP contribution in [-0.2, 0) is 0 Å². The van der Waals surface area contributed by atoms with Gasteiger partial charge >= 0.3 is 6.18 Å². The lowest BCUT2D eigenvalue weighted by atomic mass is 9.92. The molecule has 3 aromatic rings. The van der Waals surface area contributed by atoms with E-state index in [-0.39, 0.29) is 16.3 Å². The van der Waals surface area contributed by atoms with E-state index in [2.05, 4.69) is 37.5 Å². The van der Waals surface area contributed by atoms with Crippen LogP contribution in [0, 0.1) is 30.6 Å². The molecule has 3 heterocycles. The Morgan fingerprint density at radius 2 is 1.93 bits per heavy atom. The fraction of sp³-hybridized carbons (Fsp3) is 0.379. The Balaban J connectivity index is 1.57. The molecule has 4 N–H and O–H groups in total. The summed E-state index contributed by atoms with van der Waals surface area (Å²) in [6.45, 7) is 3.27. The Bertz CT molecular complexity index is 1630. The molecule has 0 bridgehead atoms. The third kappa shape index (κ3) is 5.73. The molecule has 0 unspecified atom stereocenters. The van der Waals surface area contributed by atoms with E-state index < -0.39 is 42.1 Å². The second-order valence-electron chi connectivity index (χ2n) is 11.3. The first-order valence-corrected chi connectivity index (χ1v) is 13.6. The van der Waals surface area contributed by atoms with Crippen molar-refractivity contribution in [2.24, 2.45) is 5.41 Å². The number of nitrogens with zero attached hydrogens (tertiary/aromatic N) is 3. The van der Waals surface area contributed by atoms with Crippen molar-refractivity contribution in [2.45, 2.75) is 57.8 Å². The average molecular weight is 624 g/mol. The molecule has 2 aromatic heterocycles. The standard InChI is InChI=1S/C29H28ClF6N7/c1-5-16-12-37-24-19(23(16)38-14-27(3,4)29(34,35)36)10-17(11-20(24)30)40-25(18-6-7-22(31)39-15(18)2)21-13-43(42-41-21)28(8-9-28)26(32)33/h1,6-7,10-13,25-26,40-42H,8-9,14H2,2-4H3,(H,37,38)/t25-/m0/s1. The Morgan fingerprint density at radius 3 is 2.53 bits per heavy atom. The number of nitrogens with one attached hydrogen (secondary N) is 4. The van der Waals surface area contributed by atoms with Crippen LogP contribution in [0.15, 0.2) is 42.4 Å². The first kappa shape index (κ1) is 30.6. The van der Waals surface area contributed by atoms with Crippen LogP contribution >= 0.6 is 11.6 Å². The highest BCUT2D eigenvalue weighted by atomic mass is 35.5. The van der Waals surface area contributed by atoms with Gasteiger partial charge in [0.15, 0.2) is 0 Å². The number of hydrogen-bond donors (Lipinski definition) is 4. The van der Waals surface area contributed by atoms with Gasteiger partial charge < -0.3 is 16.1 Å². The van der Waals surface area contributed by atoms with Crippen LogP contribution in [0.2, 0.25) is 5.02 Å². The van der Waals surface area contributed by atoms with E-state index in [0.29, 0.717) is 46.4 Å². The van der Waals surface area contributed by atoms with Gasteiger partial charge in [0, 0.05) is 41.3 Å². The van der Waals surface area contributed by atoms with Crippen molar-refractivity contribution in [1.29, 1.82) is 0 Å². The molecular formula is C29H28ClF6N7. The zero-order valence-electron chi connectivity index (χ0n) is 23.3. The van der Waals surface area contributed by atoms with Crippen molar-refractivity contribution in [3.8, 4) is 12.3 Å². The van der Waals surface area contributed by atoms with E-state index in [0.717, 1.165) is 13.8 Å². The fourth-order valence-corrected chi connectivity index (χ4v) is 5.06. The minimum atomic E-state index is -4.48. The van der Waals surface area contributed by atoms with Crippen molar-refractivity contribution in [3.05, 3.63) is 70.2 Å². The number of anilines is 2. The van der Waals surface area contributed by atoms with Gasteiger partial charge in [-0.15, -0.1) is 12.0 Å². The molecule has 1 fully saturated rings. The van der Waals surface area contributed by atoms with Gasteiger partial charge in [0.2, 0.25) is 5.95 Å². The molecule has 0 radical (unpaired) electrons. The summed E-state index contributed by atoms with van der Waals surface area (Å²) >= 11 is 6.60. The molecule has 7 nitrogen and oxygen atoms in total. The lowest BCUT2D eigenvalue weighted by Crippen LogP contribution is -2.48. The van der Waals surface area contributed by atoms with E-state index in [9.17, 15) is 26.3 Å². The summed E-state index contributed by atoms with van der Waals surface area (Å²) in [6, 6.07) is 5.13. The maximum atomic E-state index is 13.9. The SMILES string of the molecule is C#Cc1cnc2c(Cl)cc(N[C@H](C3=CN(C4(C(F)F)CC4)NN3)c3ccc(F)nc3C)cc2c1NCC(C)(C)C(F)(F)F. The summed E-state index contributed by atoms with van der Waals surface area (Å²) in [6.07, 6.45) is 2.06. The summed E-state index contributed by atoms with van der Waals surface area (Å²) in [5, 5.41) is 8.01. The molecule has 5 rings (SSSR count). The molecule has 14 heteroatoms. The number of benzene rings is 1. The molecule has 0 spiro atoms. The van der Waals surface area contributed by atoms with Gasteiger partial charge in [-0.05, 0) is 51.8 Å². The van der Waals surface area contributed by atoms with Crippen molar-refractivity contribution >= 4 is 33.9 Å². The summed E-state index contributed by atoms with van der Waals surface area (Å²) < 4.78 is 82.4. The Kier molecular flexibility index (Phi) is 7.81. The number of aryl methyl sites for hydroxylation is 1. The molecular weight excluding hydrogens is 596 g/mol.